The van der Waals surface area contributed by atoms with Crippen LogP contribution >= 0.6 is 15.9 Å². The molecule has 1 N–H and O–H groups in total. The second-order valence-corrected chi connectivity index (χ2v) is 5.22. The van der Waals surface area contributed by atoms with Crippen LogP contribution in [0.15, 0.2) is 16.9 Å². The van der Waals surface area contributed by atoms with Gasteiger partial charge in [0, 0.05) is 19.3 Å². The van der Waals surface area contributed by atoms with Gasteiger partial charge in [0.15, 0.2) is 0 Å². The van der Waals surface area contributed by atoms with Crippen molar-refractivity contribution in [3.63, 3.8) is 0 Å². The van der Waals surface area contributed by atoms with Gasteiger partial charge in [0.1, 0.15) is 0 Å². The topological polar surface area (TPSA) is 29.9 Å². The molecular weight excluding hydrogens is 242 g/mol. The predicted molar refractivity (Wildman–Crippen MR) is 62.3 cm³/mol. The summed E-state index contributed by atoms with van der Waals surface area (Å²) in [7, 11) is 0. The Morgan fingerprint density at radius 2 is 2.29 bits per heavy atom. The number of hydrogen-bond donors (Lipinski definition) is 1. The van der Waals surface area contributed by atoms with Gasteiger partial charge in [-0.1, -0.05) is 20.8 Å². The maximum Gasteiger partial charge on any atom is 0.0632 e. The van der Waals surface area contributed by atoms with Crippen LogP contribution in [0.2, 0.25) is 0 Å². The summed E-state index contributed by atoms with van der Waals surface area (Å²) in [5.74, 6) is 0. The second-order valence-electron chi connectivity index (χ2n) is 4.30. The first kappa shape index (κ1) is 11.7. The number of nitrogens with one attached hydrogen (secondary N) is 1. The van der Waals surface area contributed by atoms with Crippen LogP contribution in [-0.2, 0) is 6.54 Å². The summed E-state index contributed by atoms with van der Waals surface area (Å²) in [5, 5.41) is 7.61. The van der Waals surface area contributed by atoms with Crippen LogP contribution in [0.1, 0.15) is 20.8 Å². The minimum atomic E-state index is 0.238. The van der Waals surface area contributed by atoms with E-state index in [4.69, 9.17) is 0 Å². The van der Waals surface area contributed by atoms with Crippen LogP contribution in [0.25, 0.3) is 0 Å². The fourth-order valence-corrected chi connectivity index (χ4v) is 1.71. The Kier molecular flexibility index (Phi) is 4.13. The number of nitrogens with zero attached hydrogens (tertiary/aromatic N) is 2. The minimum absolute atomic E-state index is 0.238. The van der Waals surface area contributed by atoms with Crippen LogP contribution in [0.5, 0.6) is 0 Å². The summed E-state index contributed by atoms with van der Waals surface area (Å²) in [6.07, 6.45) is 3.83. The van der Waals surface area contributed by atoms with Gasteiger partial charge < -0.3 is 5.32 Å². The highest BCUT2D eigenvalue weighted by molar-refractivity contribution is 9.10. The molecule has 0 saturated carbocycles. The lowest BCUT2D eigenvalue weighted by atomic mass is 9.93. The third kappa shape index (κ3) is 3.80. The zero-order valence-corrected chi connectivity index (χ0v) is 10.6. The van der Waals surface area contributed by atoms with Crippen molar-refractivity contribution in [3.8, 4) is 0 Å². The van der Waals surface area contributed by atoms with Gasteiger partial charge in [-0.25, -0.2) is 0 Å². The predicted octanol–water partition coefficient (Wildman–Crippen LogP) is 2.28. The van der Waals surface area contributed by atoms with Gasteiger partial charge in [-0.2, -0.15) is 5.10 Å². The SMILES string of the molecule is CCNCC(C)(C)Cn1cc(Br)cn1. The Hall–Kier alpha value is -0.350. The van der Waals surface area contributed by atoms with Crippen LogP contribution in [-0.4, -0.2) is 22.9 Å². The maximum absolute atomic E-state index is 4.25. The van der Waals surface area contributed by atoms with E-state index in [1.165, 1.54) is 0 Å². The monoisotopic (exact) mass is 259 g/mol. The fourth-order valence-electron chi connectivity index (χ4n) is 1.38. The van der Waals surface area contributed by atoms with Crippen LogP contribution < -0.4 is 5.32 Å². The van der Waals surface area contributed by atoms with Crippen LogP contribution in [0.4, 0.5) is 0 Å². The number of rotatable bonds is 5. The molecule has 0 atom stereocenters. The Bertz CT molecular complexity index is 281. The van der Waals surface area contributed by atoms with E-state index in [2.05, 4.69) is 47.1 Å². The molecule has 0 amide bonds. The first-order chi connectivity index (χ1) is 6.53. The average molecular weight is 260 g/mol. The molecular formula is C10H18BrN3. The molecule has 1 rings (SSSR count). The van der Waals surface area contributed by atoms with E-state index < -0.39 is 0 Å². The van der Waals surface area contributed by atoms with Crippen molar-refractivity contribution in [3.05, 3.63) is 16.9 Å². The van der Waals surface area contributed by atoms with E-state index in [1.54, 1.807) is 0 Å². The molecule has 4 heteroatoms. The Morgan fingerprint density at radius 1 is 1.57 bits per heavy atom. The van der Waals surface area contributed by atoms with Gasteiger partial charge in [-0.15, -0.1) is 0 Å². The molecule has 1 aromatic heterocycles. The van der Waals surface area contributed by atoms with Crippen molar-refractivity contribution in [2.75, 3.05) is 13.1 Å². The quantitative estimate of drug-likeness (QED) is 0.880. The van der Waals surface area contributed by atoms with E-state index in [1.807, 2.05) is 17.1 Å². The first-order valence-corrected chi connectivity index (χ1v) is 5.71. The summed E-state index contributed by atoms with van der Waals surface area (Å²) >= 11 is 3.39. The molecule has 0 fully saturated rings. The zero-order chi connectivity index (χ0) is 10.6. The lowest BCUT2D eigenvalue weighted by Crippen LogP contribution is -2.33. The van der Waals surface area contributed by atoms with Gasteiger partial charge in [-0.05, 0) is 27.9 Å². The summed E-state index contributed by atoms with van der Waals surface area (Å²) in [6, 6.07) is 0. The van der Waals surface area contributed by atoms with Crippen LogP contribution in [0.3, 0.4) is 0 Å². The van der Waals surface area contributed by atoms with Crippen molar-refractivity contribution in [2.24, 2.45) is 5.41 Å². The largest absolute Gasteiger partial charge is 0.316 e. The molecule has 0 saturated heterocycles. The van der Waals surface area contributed by atoms with Gasteiger partial charge in [0.2, 0.25) is 0 Å². The standard InChI is InChI=1S/C10H18BrN3/c1-4-12-7-10(2,3)8-14-6-9(11)5-13-14/h5-6,12H,4,7-8H2,1-3H3. The molecule has 1 aromatic rings. The third-order valence-electron chi connectivity index (χ3n) is 2.05. The number of aromatic nitrogens is 2. The minimum Gasteiger partial charge on any atom is -0.316 e. The molecule has 0 aliphatic heterocycles. The van der Waals surface area contributed by atoms with E-state index in [9.17, 15) is 0 Å². The maximum atomic E-state index is 4.25. The number of hydrogen-bond acceptors (Lipinski definition) is 2. The van der Waals surface area contributed by atoms with Crippen molar-refractivity contribution < 1.29 is 0 Å². The smallest absolute Gasteiger partial charge is 0.0632 e. The first-order valence-electron chi connectivity index (χ1n) is 4.92. The normalized spacial score (nSPS) is 12.0. The van der Waals surface area contributed by atoms with Crippen molar-refractivity contribution in [1.29, 1.82) is 0 Å². The van der Waals surface area contributed by atoms with E-state index in [0.29, 0.717) is 0 Å². The number of halogens is 1. The Morgan fingerprint density at radius 3 is 2.79 bits per heavy atom. The molecule has 1 heterocycles. The Labute approximate surface area is 94.0 Å². The Balaban J connectivity index is 2.49. The van der Waals surface area contributed by atoms with E-state index >= 15 is 0 Å². The zero-order valence-electron chi connectivity index (χ0n) is 9.05. The highest BCUT2D eigenvalue weighted by Crippen LogP contribution is 2.17. The molecule has 14 heavy (non-hydrogen) atoms. The lowest BCUT2D eigenvalue weighted by Gasteiger charge is -2.24. The molecule has 0 spiro atoms. The van der Waals surface area contributed by atoms with Gasteiger partial charge in [0.25, 0.3) is 0 Å². The molecule has 0 aliphatic rings. The summed E-state index contributed by atoms with van der Waals surface area (Å²) in [5.41, 5.74) is 0.238. The molecule has 0 aromatic carbocycles. The molecule has 3 nitrogen and oxygen atoms in total. The summed E-state index contributed by atoms with van der Waals surface area (Å²) < 4.78 is 3.01. The summed E-state index contributed by atoms with van der Waals surface area (Å²) in [6.45, 7) is 9.58. The highest BCUT2D eigenvalue weighted by atomic mass is 79.9. The van der Waals surface area contributed by atoms with Crippen LogP contribution in [0, 0.1) is 5.41 Å². The van der Waals surface area contributed by atoms with Crippen molar-refractivity contribution in [2.45, 2.75) is 27.3 Å². The molecule has 0 unspecified atom stereocenters. The van der Waals surface area contributed by atoms with Crippen molar-refractivity contribution >= 4 is 15.9 Å². The van der Waals surface area contributed by atoms with E-state index in [-0.39, 0.29) is 5.41 Å². The third-order valence-corrected chi connectivity index (χ3v) is 2.45. The van der Waals surface area contributed by atoms with Crippen molar-refractivity contribution in [1.82, 2.24) is 15.1 Å². The average Bonchev–Trinajstić information content (AvgIpc) is 2.47. The molecule has 0 aliphatic carbocycles. The lowest BCUT2D eigenvalue weighted by molar-refractivity contribution is 0.278. The summed E-state index contributed by atoms with van der Waals surface area (Å²) in [4.78, 5) is 0. The molecule has 0 bridgehead atoms. The molecule has 0 radical (unpaired) electrons. The highest BCUT2D eigenvalue weighted by Gasteiger charge is 2.18. The van der Waals surface area contributed by atoms with E-state index in [0.717, 1.165) is 24.1 Å². The van der Waals surface area contributed by atoms with Gasteiger partial charge >= 0.3 is 0 Å². The molecule has 80 valence electrons. The van der Waals surface area contributed by atoms with Gasteiger partial charge in [0.05, 0.1) is 10.7 Å². The fraction of sp³-hybridized carbons (Fsp3) is 0.700. The second kappa shape index (κ2) is 4.94. The van der Waals surface area contributed by atoms with Gasteiger partial charge in [-0.3, -0.25) is 4.68 Å².